The van der Waals surface area contributed by atoms with Crippen LogP contribution < -0.4 is 9.62 Å². The molecule has 0 aliphatic carbocycles. The Morgan fingerprint density at radius 3 is 2.20 bits per heavy atom. The Bertz CT molecular complexity index is 1420. The minimum Gasteiger partial charge on any atom is -0.354 e. The van der Waals surface area contributed by atoms with Crippen LogP contribution in [0.4, 0.5) is 5.69 Å². The SMILES string of the molecule is CCC(C(=O)NCC(C)C)N(Cc1cccc(C)c1)C(=O)CN(c1cccc(C)c1C)S(=O)(=O)c1ccccc1. The van der Waals surface area contributed by atoms with Gasteiger partial charge in [-0.3, -0.25) is 13.9 Å². The van der Waals surface area contributed by atoms with E-state index in [1.54, 1.807) is 30.3 Å². The maximum absolute atomic E-state index is 14.2. The van der Waals surface area contributed by atoms with Crippen molar-refractivity contribution in [2.75, 3.05) is 17.4 Å². The number of anilines is 1. The fourth-order valence-corrected chi connectivity index (χ4v) is 6.08. The van der Waals surface area contributed by atoms with Crippen LogP contribution in [0, 0.1) is 26.7 Å². The van der Waals surface area contributed by atoms with Gasteiger partial charge in [0.2, 0.25) is 11.8 Å². The highest BCUT2D eigenvalue weighted by Crippen LogP contribution is 2.29. The molecule has 0 spiro atoms. The fourth-order valence-electron chi connectivity index (χ4n) is 4.59. The van der Waals surface area contributed by atoms with Crippen LogP contribution >= 0.6 is 0 Å². The third-order valence-corrected chi connectivity index (χ3v) is 8.73. The summed E-state index contributed by atoms with van der Waals surface area (Å²) in [4.78, 5) is 29.1. The van der Waals surface area contributed by atoms with Gasteiger partial charge in [0.25, 0.3) is 10.0 Å². The first-order chi connectivity index (χ1) is 18.9. The second-order valence-electron chi connectivity index (χ2n) is 10.6. The van der Waals surface area contributed by atoms with E-state index in [0.29, 0.717) is 18.7 Å². The van der Waals surface area contributed by atoms with Gasteiger partial charge < -0.3 is 10.2 Å². The predicted molar refractivity (Wildman–Crippen MR) is 161 cm³/mol. The van der Waals surface area contributed by atoms with Crippen molar-refractivity contribution in [3.63, 3.8) is 0 Å². The molecule has 1 atom stereocenters. The van der Waals surface area contributed by atoms with Crippen LogP contribution in [0.5, 0.6) is 0 Å². The van der Waals surface area contributed by atoms with Gasteiger partial charge in [0.05, 0.1) is 10.6 Å². The fraction of sp³-hybridized carbons (Fsp3) is 0.375. The van der Waals surface area contributed by atoms with Crippen LogP contribution in [0.15, 0.2) is 77.7 Å². The number of nitrogens with zero attached hydrogens (tertiary/aromatic N) is 2. The first kappa shape index (κ1) is 30.9. The van der Waals surface area contributed by atoms with Gasteiger partial charge >= 0.3 is 0 Å². The van der Waals surface area contributed by atoms with Gasteiger partial charge in [-0.05, 0) is 68.0 Å². The van der Waals surface area contributed by atoms with Gasteiger partial charge in [0, 0.05) is 13.1 Å². The summed E-state index contributed by atoms with van der Waals surface area (Å²) in [6, 6.07) is 20.5. The second-order valence-corrected chi connectivity index (χ2v) is 12.5. The molecule has 1 N–H and O–H groups in total. The van der Waals surface area contributed by atoms with E-state index in [9.17, 15) is 18.0 Å². The number of benzene rings is 3. The van der Waals surface area contributed by atoms with Crippen molar-refractivity contribution in [3.8, 4) is 0 Å². The standard InChI is InChI=1S/C32H41N3O4S/c1-7-29(32(37)33-20-23(2)3)34(21-27-15-11-13-24(4)19-27)31(36)22-35(30-18-12-14-25(5)26(30)6)40(38,39)28-16-9-8-10-17-28/h8-19,23,29H,7,20-22H2,1-6H3,(H,33,37). The summed E-state index contributed by atoms with van der Waals surface area (Å²) in [6.07, 6.45) is 0.385. The summed E-state index contributed by atoms with van der Waals surface area (Å²) in [5.74, 6) is -0.451. The predicted octanol–water partition coefficient (Wildman–Crippen LogP) is 5.39. The Balaban J connectivity index is 2.08. The van der Waals surface area contributed by atoms with Crippen LogP contribution in [0.1, 0.15) is 49.4 Å². The highest BCUT2D eigenvalue weighted by molar-refractivity contribution is 7.92. The van der Waals surface area contributed by atoms with Gasteiger partial charge in [-0.2, -0.15) is 0 Å². The molecule has 40 heavy (non-hydrogen) atoms. The molecule has 7 nitrogen and oxygen atoms in total. The lowest BCUT2D eigenvalue weighted by Crippen LogP contribution is -2.52. The second kappa shape index (κ2) is 13.6. The minimum atomic E-state index is -4.09. The van der Waals surface area contributed by atoms with Crippen molar-refractivity contribution in [2.45, 2.75) is 65.4 Å². The molecule has 0 radical (unpaired) electrons. The maximum atomic E-state index is 14.2. The summed E-state index contributed by atoms with van der Waals surface area (Å²) in [6.45, 7) is 11.8. The number of rotatable bonds is 12. The van der Waals surface area contributed by atoms with E-state index in [1.165, 1.54) is 21.3 Å². The van der Waals surface area contributed by atoms with Crippen molar-refractivity contribution < 1.29 is 18.0 Å². The summed E-state index contributed by atoms with van der Waals surface area (Å²) in [7, 11) is -4.09. The molecule has 0 fully saturated rings. The molecule has 8 heteroatoms. The van der Waals surface area contributed by atoms with Crippen LogP contribution in [-0.4, -0.2) is 44.3 Å². The van der Waals surface area contributed by atoms with E-state index >= 15 is 0 Å². The van der Waals surface area contributed by atoms with Gasteiger partial charge in [0.1, 0.15) is 12.6 Å². The van der Waals surface area contributed by atoms with Gasteiger partial charge in [-0.1, -0.05) is 80.9 Å². The van der Waals surface area contributed by atoms with E-state index in [4.69, 9.17) is 0 Å². The minimum absolute atomic E-state index is 0.0932. The number of aryl methyl sites for hydroxylation is 2. The molecule has 1 unspecified atom stereocenters. The molecule has 3 aromatic rings. The Labute approximate surface area is 239 Å². The monoisotopic (exact) mass is 563 g/mol. The molecule has 0 aliphatic heterocycles. The zero-order chi connectivity index (χ0) is 29.4. The third kappa shape index (κ3) is 7.50. The Kier molecular flexibility index (Phi) is 10.5. The average molecular weight is 564 g/mol. The lowest BCUT2D eigenvalue weighted by atomic mass is 10.1. The maximum Gasteiger partial charge on any atom is 0.264 e. The average Bonchev–Trinajstić information content (AvgIpc) is 2.92. The van der Waals surface area contributed by atoms with Gasteiger partial charge in [-0.15, -0.1) is 0 Å². The molecule has 3 rings (SSSR count). The number of amides is 2. The van der Waals surface area contributed by atoms with Gasteiger partial charge in [-0.25, -0.2) is 8.42 Å². The van der Waals surface area contributed by atoms with E-state index in [1.807, 2.05) is 71.9 Å². The van der Waals surface area contributed by atoms with E-state index in [-0.39, 0.29) is 23.3 Å². The quantitative estimate of drug-likeness (QED) is 0.320. The Morgan fingerprint density at radius 2 is 1.57 bits per heavy atom. The summed E-state index contributed by atoms with van der Waals surface area (Å²) < 4.78 is 29.1. The lowest BCUT2D eigenvalue weighted by Gasteiger charge is -2.34. The van der Waals surface area contributed by atoms with Crippen molar-refractivity contribution in [2.24, 2.45) is 5.92 Å². The summed E-state index contributed by atoms with van der Waals surface area (Å²) >= 11 is 0. The van der Waals surface area contributed by atoms with E-state index in [0.717, 1.165) is 22.3 Å². The number of nitrogens with one attached hydrogen (secondary N) is 1. The molecule has 2 amide bonds. The smallest absolute Gasteiger partial charge is 0.264 e. The number of carbonyl (C=O) groups excluding carboxylic acids is 2. The lowest BCUT2D eigenvalue weighted by molar-refractivity contribution is -0.140. The van der Waals surface area contributed by atoms with Crippen LogP contribution in [-0.2, 0) is 26.2 Å². The normalized spacial score (nSPS) is 12.2. The number of hydrogen-bond acceptors (Lipinski definition) is 4. The van der Waals surface area contributed by atoms with Crippen LogP contribution in [0.25, 0.3) is 0 Å². The molecule has 0 saturated carbocycles. The molecule has 0 aliphatic rings. The van der Waals surface area contributed by atoms with E-state index in [2.05, 4.69) is 5.32 Å². The summed E-state index contributed by atoms with van der Waals surface area (Å²) in [5.41, 5.74) is 4.01. The van der Waals surface area contributed by atoms with Crippen molar-refractivity contribution in [1.29, 1.82) is 0 Å². The van der Waals surface area contributed by atoms with Gasteiger partial charge in [0.15, 0.2) is 0 Å². The van der Waals surface area contributed by atoms with E-state index < -0.39 is 28.5 Å². The Hall–Kier alpha value is -3.65. The molecule has 0 heterocycles. The highest BCUT2D eigenvalue weighted by atomic mass is 32.2. The van der Waals surface area contributed by atoms with Crippen LogP contribution in [0.3, 0.4) is 0 Å². The summed E-state index contributed by atoms with van der Waals surface area (Å²) in [5, 5.41) is 2.96. The van der Waals surface area contributed by atoms with Crippen molar-refractivity contribution in [1.82, 2.24) is 10.2 Å². The molecular weight excluding hydrogens is 522 g/mol. The zero-order valence-corrected chi connectivity index (χ0v) is 25.2. The zero-order valence-electron chi connectivity index (χ0n) is 24.3. The topological polar surface area (TPSA) is 86.8 Å². The molecule has 0 aromatic heterocycles. The number of carbonyl (C=O) groups is 2. The third-order valence-electron chi connectivity index (χ3n) is 6.96. The first-order valence-corrected chi connectivity index (χ1v) is 15.2. The molecule has 214 valence electrons. The largest absolute Gasteiger partial charge is 0.354 e. The molecule has 0 saturated heterocycles. The first-order valence-electron chi connectivity index (χ1n) is 13.7. The van der Waals surface area contributed by atoms with Crippen LogP contribution in [0.2, 0.25) is 0 Å². The molecule has 0 bridgehead atoms. The van der Waals surface area contributed by atoms with Crippen molar-refractivity contribution in [3.05, 3.63) is 95.1 Å². The molecule has 3 aromatic carbocycles. The molecular formula is C32H41N3O4S. The van der Waals surface area contributed by atoms with Crippen molar-refractivity contribution >= 4 is 27.5 Å². The number of hydrogen-bond donors (Lipinski definition) is 1. The highest BCUT2D eigenvalue weighted by Gasteiger charge is 2.34. The Morgan fingerprint density at radius 1 is 0.900 bits per heavy atom. The number of sulfonamides is 1.